The second kappa shape index (κ2) is 11.9. The van der Waals surface area contributed by atoms with Gasteiger partial charge in [0, 0.05) is 25.4 Å². The predicted molar refractivity (Wildman–Crippen MR) is 145 cm³/mol. The summed E-state index contributed by atoms with van der Waals surface area (Å²) in [6, 6.07) is 17.2. The Hall–Kier alpha value is -3.46. The summed E-state index contributed by atoms with van der Waals surface area (Å²) in [6.45, 7) is 2.04. The van der Waals surface area contributed by atoms with Gasteiger partial charge in [0.15, 0.2) is 10.8 Å². The Morgan fingerprint density at radius 3 is 2.50 bits per heavy atom. The Balaban J connectivity index is 1.33. The highest BCUT2D eigenvalue weighted by molar-refractivity contribution is 7.92. The first kappa shape index (κ1) is 27.6. The largest absolute Gasteiger partial charge is 0.458 e. The van der Waals surface area contributed by atoms with Crippen molar-refractivity contribution in [3.8, 4) is 0 Å². The highest BCUT2D eigenvalue weighted by atomic mass is 32.2. The fourth-order valence-electron chi connectivity index (χ4n) is 5.08. The molecule has 1 aliphatic heterocycles. The van der Waals surface area contributed by atoms with E-state index >= 15 is 0 Å². The Morgan fingerprint density at radius 1 is 1.05 bits per heavy atom. The fourth-order valence-corrected chi connectivity index (χ4v) is 6.12. The first-order valence-electron chi connectivity index (χ1n) is 13.1. The first-order chi connectivity index (χ1) is 18.2. The van der Waals surface area contributed by atoms with Gasteiger partial charge in [0.1, 0.15) is 11.5 Å². The van der Waals surface area contributed by atoms with Gasteiger partial charge in [-0.25, -0.2) is 4.98 Å². The van der Waals surface area contributed by atoms with Gasteiger partial charge in [-0.05, 0) is 61.8 Å². The van der Waals surface area contributed by atoms with E-state index in [1.807, 2.05) is 43.3 Å². The number of aromatic nitrogens is 2. The van der Waals surface area contributed by atoms with Crippen LogP contribution in [0.2, 0.25) is 0 Å². The zero-order valence-corrected chi connectivity index (χ0v) is 22.7. The third-order valence-corrected chi connectivity index (χ3v) is 8.26. The number of nitrogens with one attached hydrogen (secondary N) is 1. The Kier molecular flexibility index (Phi) is 8.66. The van der Waals surface area contributed by atoms with Gasteiger partial charge in [0.25, 0.3) is 10.0 Å². The van der Waals surface area contributed by atoms with E-state index in [1.165, 1.54) is 12.5 Å². The third kappa shape index (κ3) is 6.89. The van der Waals surface area contributed by atoms with Crippen molar-refractivity contribution in [2.75, 3.05) is 4.72 Å². The molecule has 1 unspecified atom stereocenters. The van der Waals surface area contributed by atoms with Crippen molar-refractivity contribution < 1.29 is 22.7 Å². The molecule has 9 heteroatoms. The number of Topliss-reactive ketones (excluding diaryl/α,β-unsaturated/α-hetero) is 1. The van der Waals surface area contributed by atoms with Gasteiger partial charge in [-0.15, -0.1) is 0 Å². The second-order valence-corrected chi connectivity index (χ2v) is 11.7. The number of imidazole rings is 1. The molecule has 1 aromatic heterocycles. The summed E-state index contributed by atoms with van der Waals surface area (Å²) < 4.78 is 35.3. The molecule has 1 saturated heterocycles. The Bertz CT molecular complexity index is 1350. The number of nitrogens with zero attached hydrogens (tertiary/aromatic N) is 2. The van der Waals surface area contributed by atoms with E-state index in [4.69, 9.17) is 4.74 Å². The average Bonchev–Trinajstić information content (AvgIpc) is 3.33. The highest BCUT2D eigenvalue weighted by Gasteiger charge is 2.45. The minimum atomic E-state index is -3.79. The summed E-state index contributed by atoms with van der Waals surface area (Å²) in [5.41, 5.74) is 1.78. The van der Waals surface area contributed by atoms with Crippen molar-refractivity contribution in [2.24, 2.45) is 13.0 Å². The maximum atomic E-state index is 13.1. The summed E-state index contributed by atoms with van der Waals surface area (Å²) in [5.74, 6) is -1.21. The predicted octanol–water partition coefficient (Wildman–Crippen LogP) is 4.85. The van der Waals surface area contributed by atoms with Gasteiger partial charge in [-0.3, -0.25) is 14.3 Å². The number of ether oxygens (including phenoxy) is 1. The van der Waals surface area contributed by atoms with Crippen LogP contribution in [0.4, 0.5) is 5.69 Å². The van der Waals surface area contributed by atoms with Crippen LogP contribution in [0.15, 0.2) is 72.1 Å². The van der Waals surface area contributed by atoms with Crippen molar-refractivity contribution in [1.82, 2.24) is 9.55 Å². The van der Waals surface area contributed by atoms with E-state index in [1.54, 1.807) is 29.8 Å². The zero-order chi connectivity index (χ0) is 27.2. The smallest absolute Gasteiger partial charge is 0.317 e. The average molecular weight is 538 g/mol. The number of carbonyl (C=O) groups excluding carboxylic acids is 2. The van der Waals surface area contributed by atoms with E-state index in [-0.39, 0.29) is 17.2 Å². The van der Waals surface area contributed by atoms with E-state index in [0.717, 1.165) is 24.0 Å². The van der Waals surface area contributed by atoms with Gasteiger partial charge in [0.2, 0.25) is 0 Å². The number of ketones is 1. The van der Waals surface area contributed by atoms with Crippen LogP contribution in [-0.4, -0.2) is 35.3 Å². The Morgan fingerprint density at radius 2 is 1.82 bits per heavy atom. The topological polar surface area (TPSA) is 107 Å². The van der Waals surface area contributed by atoms with Crippen molar-refractivity contribution in [3.05, 3.63) is 78.2 Å². The SMILES string of the molecule is CCC[C@]1(CCc2ccccc2)CC(=O)C(CCCc2cccc(NS(=O)(=O)c3cn(C)cn3)c2)C(=O)O1. The second-order valence-electron chi connectivity index (χ2n) is 10.1. The number of sulfonamides is 1. The highest BCUT2D eigenvalue weighted by Crippen LogP contribution is 2.36. The molecule has 0 radical (unpaired) electrons. The number of aryl methyl sites for hydroxylation is 3. The lowest BCUT2D eigenvalue weighted by molar-refractivity contribution is -0.179. The van der Waals surface area contributed by atoms with E-state index < -0.39 is 27.5 Å². The summed E-state index contributed by atoms with van der Waals surface area (Å²) in [5, 5.41) is -0.0531. The van der Waals surface area contributed by atoms with Gasteiger partial charge in [0.05, 0.1) is 6.33 Å². The maximum absolute atomic E-state index is 13.1. The molecule has 38 heavy (non-hydrogen) atoms. The molecule has 2 aromatic carbocycles. The lowest BCUT2D eigenvalue weighted by atomic mass is 9.79. The van der Waals surface area contributed by atoms with E-state index in [0.29, 0.717) is 37.8 Å². The molecule has 4 rings (SSSR count). The fraction of sp³-hybridized carbons (Fsp3) is 0.414. The molecule has 1 aliphatic rings. The molecule has 1 fully saturated rings. The van der Waals surface area contributed by atoms with E-state index in [2.05, 4.69) is 9.71 Å². The van der Waals surface area contributed by atoms with Crippen LogP contribution in [0.5, 0.6) is 0 Å². The molecule has 1 N–H and O–H groups in total. The molecule has 202 valence electrons. The van der Waals surface area contributed by atoms with Crippen molar-refractivity contribution in [3.63, 3.8) is 0 Å². The van der Waals surface area contributed by atoms with Crippen LogP contribution in [0.3, 0.4) is 0 Å². The van der Waals surface area contributed by atoms with Gasteiger partial charge in [-0.1, -0.05) is 55.8 Å². The number of carbonyl (C=O) groups is 2. The minimum absolute atomic E-state index is 0.0420. The lowest BCUT2D eigenvalue weighted by Crippen LogP contribution is -2.48. The van der Waals surface area contributed by atoms with Gasteiger partial charge >= 0.3 is 5.97 Å². The monoisotopic (exact) mass is 537 g/mol. The number of hydrogen-bond acceptors (Lipinski definition) is 6. The molecule has 2 atom stereocenters. The molecule has 0 aliphatic carbocycles. The van der Waals surface area contributed by atoms with Crippen LogP contribution in [0.1, 0.15) is 56.6 Å². The number of benzene rings is 2. The number of esters is 1. The van der Waals surface area contributed by atoms with Crippen LogP contribution < -0.4 is 4.72 Å². The normalized spacial score (nSPS) is 19.8. The van der Waals surface area contributed by atoms with Crippen LogP contribution >= 0.6 is 0 Å². The standard InChI is InChI=1S/C29H35N3O5S/c1-3-16-29(17-15-22-9-5-4-6-10-22)19-26(33)25(28(34)37-29)14-8-12-23-11-7-13-24(18-23)31-38(35,36)27-20-32(2)21-30-27/h4-7,9-11,13,18,20-21,25,31H,3,8,12,14-17,19H2,1-2H3/t25?,29-/m0/s1. The molecule has 0 spiro atoms. The molecule has 0 bridgehead atoms. The quantitative estimate of drug-likeness (QED) is 0.262. The van der Waals surface area contributed by atoms with Gasteiger partial charge < -0.3 is 9.30 Å². The number of cyclic esters (lactones) is 1. The molecule has 0 amide bonds. The number of hydrogen-bond donors (Lipinski definition) is 1. The molecular formula is C29H35N3O5S. The number of rotatable bonds is 12. The lowest BCUT2D eigenvalue weighted by Gasteiger charge is -2.39. The minimum Gasteiger partial charge on any atom is -0.458 e. The Labute approximate surface area is 224 Å². The molecule has 2 heterocycles. The van der Waals surface area contributed by atoms with Crippen LogP contribution in [0, 0.1) is 5.92 Å². The molecule has 0 saturated carbocycles. The van der Waals surface area contributed by atoms with Crippen molar-refractivity contribution >= 4 is 27.5 Å². The van der Waals surface area contributed by atoms with Crippen molar-refractivity contribution in [2.45, 2.75) is 68.9 Å². The summed E-state index contributed by atoms with van der Waals surface area (Å²) in [4.78, 5) is 30.0. The maximum Gasteiger partial charge on any atom is 0.317 e. The summed E-state index contributed by atoms with van der Waals surface area (Å²) in [6.07, 6.45) is 7.63. The molecule has 3 aromatic rings. The van der Waals surface area contributed by atoms with E-state index in [9.17, 15) is 18.0 Å². The molecule has 8 nitrogen and oxygen atoms in total. The summed E-state index contributed by atoms with van der Waals surface area (Å²) >= 11 is 0. The zero-order valence-electron chi connectivity index (χ0n) is 21.9. The van der Waals surface area contributed by atoms with Crippen LogP contribution in [0.25, 0.3) is 0 Å². The first-order valence-corrected chi connectivity index (χ1v) is 14.6. The third-order valence-electron chi connectivity index (χ3n) is 7.00. The van der Waals surface area contributed by atoms with Crippen LogP contribution in [-0.2, 0) is 44.2 Å². The molecular weight excluding hydrogens is 502 g/mol. The van der Waals surface area contributed by atoms with Crippen molar-refractivity contribution in [1.29, 1.82) is 0 Å². The van der Waals surface area contributed by atoms with Gasteiger partial charge in [-0.2, -0.15) is 8.42 Å². The summed E-state index contributed by atoms with van der Waals surface area (Å²) in [7, 11) is -2.09. The number of anilines is 1.